The fourth-order valence-electron chi connectivity index (χ4n) is 3.72. The van der Waals surface area contributed by atoms with Crippen molar-refractivity contribution in [1.82, 2.24) is 0 Å². The SMILES string of the molecule is CCCCCCCCCCCCCCCC(=O)C1C[C@@H](COC(C)=O)OC1=O. The van der Waals surface area contributed by atoms with E-state index in [1.807, 2.05) is 0 Å². The van der Waals surface area contributed by atoms with Gasteiger partial charge in [-0.1, -0.05) is 84.0 Å². The molecule has 0 amide bonds. The lowest BCUT2D eigenvalue weighted by Crippen LogP contribution is -2.19. The van der Waals surface area contributed by atoms with Gasteiger partial charge in [0, 0.05) is 19.8 Å². The van der Waals surface area contributed by atoms with Gasteiger partial charge < -0.3 is 9.47 Å². The smallest absolute Gasteiger partial charge is 0.317 e. The zero-order chi connectivity index (χ0) is 20.6. The molecule has 1 unspecified atom stereocenters. The van der Waals surface area contributed by atoms with Crippen LogP contribution in [0.25, 0.3) is 0 Å². The van der Waals surface area contributed by atoms with E-state index in [0.29, 0.717) is 12.8 Å². The lowest BCUT2D eigenvalue weighted by atomic mass is 9.95. The molecule has 0 spiro atoms. The number of Topliss-reactive ketones (excluding diaryl/α,β-unsaturated/α-hetero) is 1. The van der Waals surface area contributed by atoms with Gasteiger partial charge >= 0.3 is 11.9 Å². The second kappa shape index (κ2) is 15.5. The third-order valence-electron chi connectivity index (χ3n) is 5.45. The van der Waals surface area contributed by atoms with Crippen molar-refractivity contribution in [2.45, 2.75) is 116 Å². The van der Waals surface area contributed by atoms with Crippen LogP contribution in [0.15, 0.2) is 0 Å². The van der Waals surface area contributed by atoms with E-state index in [0.717, 1.165) is 19.3 Å². The Bertz CT molecular complexity index is 460. The summed E-state index contributed by atoms with van der Waals surface area (Å²) in [7, 11) is 0. The molecule has 0 aromatic rings. The van der Waals surface area contributed by atoms with E-state index in [9.17, 15) is 14.4 Å². The molecule has 0 bridgehead atoms. The normalized spacial score (nSPS) is 18.9. The Kier molecular flexibility index (Phi) is 13.7. The highest BCUT2D eigenvalue weighted by atomic mass is 16.6. The Morgan fingerprint density at radius 3 is 1.89 bits per heavy atom. The molecule has 1 heterocycles. The molecule has 1 aliphatic heterocycles. The number of hydrogen-bond donors (Lipinski definition) is 0. The lowest BCUT2D eigenvalue weighted by molar-refractivity contribution is -0.153. The molecule has 1 fully saturated rings. The number of unbranched alkanes of at least 4 members (excludes halogenated alkanes) is 12. The van der Waals surface area contributed by atoms with Gasteiger partial charge in [0.05, 0.1) is 0 Å². The Morgan fingerprint density at radius 1 is 0.893 bits per heavy atom. The molecule has 1 saturated heterocycles. The van der Waals surface area contributed by atoms with E-state index in [2.05, 4.69) is 6.92 Å². The summed E-state index contributed by atoms with van der Waals surface area (Å²) in [5.41, 5.74) is 0. The van der Waals surface area contributed by atoms with Crippen molar-refractivity contribution in [3.63, 3.8) is 0 Å². The van der Waals surface area contributed by atoms with Gasteiger partial charge in [0.1, 0.15) is 24.4 Å². The predicted molar refractivity (Wildman–Crippen MR) is 110 cm³/mol. The quantitative estimate of drug-likeness (QED) is 0.184. The molecule has 162 valence electrons. The number of carbonyl (C=O) groups excluding carboxylic acids is 3. The summed E-state index contributed by atoms with van der Waals surface area (Å²) in [6, 6.07) is 0. The highest BCUT2D eigenvalue weighted by Crippen LogP contribution is 2.24. The molecule has 0 radical (unpaired) electrons. The third kappa shape index (κ3) is 11.5. The Labute approximate surface area is 170 Å². The highest BCUT2D eigenvalue weighted by Gasteiger charge is 2.39. The molecule has 1 aliphatic rings. The summed E-state index contributed by atoms with van der Waals surface area (Å²) >= 11 is 0. The van der Waals surface area contributed by atoms with Crippen LogP contribution in [-0.4, -0.2) is 30.4 Å². The number of cyclic esters (lactones) is 1. The molecule has 2 atom stereocenters. The summed E-state index contributed by atoms with van der Waals surface area (Å²) in [6.45, 7) is 3.61. The van der Waals surface area contributed by atoms with Gasteiger partial charge in [0.2, 0.25) is 0 Å². The summed E-state index contributed by atoms with van der Waals surface area (Å²) < 4.78 is 9.98. The summed E-state index contributed by atoms with van der Waals surface area (Å²) in [6.07, 6.45) is 16.8. The van der Waals surface area contributed by atoms with Crippen molar-refractivity contribution in [3.05, 3.63) is 0 Å². The third-order valence-corrected chi connectivity index (χ3v) is 5.45. The first-order valence-corrected chi connectivity index (χ1v) is 11.4. The van der Waals surface area contributed by atoms with Crippen LogP contribution in [0.3, 0.4) is 0 Å². The Morgan fingerprint density at radius 2 is 1.39 bits per heavy atom. The zero-order valence-electron chi connectivity index (χ0n) is 18.0. The minimum absolute atomic E-state index is 0.0293. The second-order valence-electron chi connectivity index (χ2n) is 8.11. The first-order chi connectivity index (χ1) is 13.5. The van der Waals surface area contributed by atoms with Crippen molar-refractivity contribution in [2.24, 2.45) is 5.92 Å². The predicted octanol–water partition coefficient (Wildman–Crippen LogP) is 5.53. The van der Waals surface area contributed by atoms with Crippen LogP contribution >= 0.6 is 0 Å². The van der Waals surface area contributed by atoms with Crippen molar-refractivity contribution >= 4 is 17.7 Å². The maximum absolute atomic E-state index is 12.2. The van der Waals surface area contributed by atoms with Gasteiger partial charge in [0.15, 0.2) is 0 Å². The van der Waals surface area contributed by atoms with E-state index >= 15 is 0 Å². The minimum atomic E-state index is -0.669. The van der Waals surface area contributed by atoms with E-state index in [1.165, 1.54) is 71.1 Å². The standard InChI is InChI=1S/C23H40O5/c1-3-4-5-6-7-8-9-10-11-12-13-14-15-16-22(25)21-17-20(28-23(21)26)18-27-19(2)24/h20-21H,3-18H2,1-2H3/t20-,21?/m0/s1. The van der Waals surface area contributed by atoms with Crippen LogP contribution < -0.4 is 0 Å². The van der Waals surface area contributed by atoms with Crippen LogP contribution in [0.5, 0.6) is 0 Å². The van der Waals surface area contributed by atoms with E-state index in [1.54, 1.807) is 0 Å². The molecule has 0 N–H and O–H groups in total. The van der Waals surface area contributed by atoms with Gasteiger partial charge in [-0.15, -0.1) is 0 Å². The Balaban J connectivity index is 1.95. The highest BCUT2D eigenvalue weighted by molar-refractivity contribution is 6.00. The molecule has 0 aromatic heterocycles. The van der Waals surface area contributed by atoms with Crippen molar-refractivity contribution in [3.8, 4) is 0 Å². The van der Waals surface area contributed by atoms with Crippen LogP contribution in [0.4, 0.5) is 0 Å². The Hall–Kier alpha value is -1.39. The van der Waals surface area contributed by atoms with Crippen molar-refractivity contribution in [2.75, 3.05) is 6.61 Å². The van der Waals surface area contributed by atoms with Gasteiger partial charge in [-0.05, 0) is 6.42 Å². The van der Waals surface area contributed by atoms with E-state index in [-0.39, 0.29) is 12.4 Å². The van der Waals surface area contributed by atoms with Gasteiger partial charge in [-0.25, -0.2) is 0 Å². The fraction of sp³-hybridized carbons (Fsp3) is 0.870. The van der Waals surface area contributed by atoms with Crippen LogP contribution in [0.1, 0.15) is 110 Å². The van der Waals surface area contributed by atoms with Crippen molar-refractivity contribution in [1.29, 1.82) is 0 Å². The van der Waals surface area contributed by atoms with E-state index in [4.69, 9.17) is 9.47 Å². The first kappa shape index (κ1) is 24.6. The molecule has 28 heavy (non-hydrogen) atoms. The number of carbonyl (C=O) groups is 3. The number of ether oxygens (including phenoxy) is 2. The number of hydrogen-bond acceptors (Lipinski definition) is 5. The molecule has 0 aromatic carbocycles. The molecule has 0 aliphatic carbocycles. The number of ketones is 1. The molecular weight excluding hydrogens is 356 g/mol. The fourth-order valence-corrected chi connectivity index (χ4v) is 3.72. The van der Waals surface area contributed by atoms with Crippen LogP contribution in [0.2, 0.25) is 0 Å². The molecular formula is C23H40O5. The topological polar surface area (TPSA) is 69.7 Å². The monoisotopic (exact) mass is 396 g/mol. The first-order valence-electron chi connectivity index (χ1n) is 11.4. The molecule has 5 heteroatoms. The number of esters is 2. The number of rotatable bonds is 17. The zero-order valence-corrected chi connectivity index (χ0v) is 18.0. The minimum Gasteiger partial charge on any atom is -0.462 e. The summed E-state index contributed by atoms with van der Waals surface area (Å²) in [5, 5.41) is 0. The maximum Gasteiger partial charge on any atom is 0.317 e. The average molecular weight is 397 g/mol. The molecule has 0 saturated carbocycles. The van der Waals surface area contributed by atoms with Crippen LogP contribution in [0, 0.1) is 5.92 Å². The summed E-state index contributed by atoms with van der Waals surface area (Å²) in [5.74, 6) is -1.56. The van der Waals surface area contributed by atoms with Crippen molar-refractivity contribution < 1.29 is 23.9 Å². The van der Waals surface area contributed by atoms with Gasteiger partial charge in [-0.2, -0.15) is 0 Å². The largest absolute Gasteiger partial charge is 0.462 e. The summed E-state index contributed by atoms with van der Waals surface area (Å²) in [4.78, 5) is 34.9. The molecule has 5 nitrogen and oxygen atoms in total. The maximum atomic E-state index is 12.2. The van der Waals surface area contributed by atoms with Gasteiger partial charge in [-0.3, -0.25) is 14.4 Å². The molecule has 1 rings (SSSR count). The van der Waals surface area contributed by atoms with Crippen LogP contribution in [-0.2, 0) is 23.9 Å². The van der Waals surface area contributed by atoms with E-state index < -0.39 is 24.0 Å². The average Bonchev–Trinajstić information content (AvgIpc) is 3.04. The lowest BCUT2D eigenvalue weighted by Gasteiger charge is -2.07. The second-order valence-corrected chi connectivity index (χ2v) is 8.11. The van der Waals surface area contributed by atoms with Gasteiger partial charge in [0.25, 0.3) is 0 Å².